The summed E-state index contributed by atoms with van der Waals surface area (Å²) in [6.07, 6.45) is 2.22. The Hall–Kier alpha value is -2.70. The highest BCUT2D eigenvalue weighted by Gasteiger charge is 2.31. The Balaban J connectivity index is 2.10. The molecule has 0 aliphatic carbocycles. The number of para-hydroxylation sites is 1. The van der Waals surface area contributed by atoms with E-state index in [0.29, 0.717) is 12.4 Å². The summed E-state index contributed by atoms with van der Waals surface area (Å²) in [7, 11) is 0. The maximum absolute atomic E-state index is 11.6. The molecule has 0 amide bonds. The minimum Gasteiger partial charge on any atom is -0.362 e. The standard InChI is InChI=1S/C15H17N5O2/c1-10(2)18-14-13(20(21)22)15(17-9-16-14)19-8-7-11-5-3-4-6-12(11)19/h3-6,9-10H,7-8H2,1-2H3,(H,16,17,18). The maximum Gasteiger partial charge on any atom is 0.353 e. The van der Waals surface area contributed by atoms with E-state index >= 15 is 0 Å². The molecule has 7 heteroatoms. The SMILES string of the molecule is CC(C)Nc1ncnc(N2CCc3ccccc32)c1[N+](=O)[O-]. The van der Waals surface area contributed by atoms with Crippen LogP contribution in [0.15, 0.2) is 30.6 Å². The van der Waals surface area contributed by atoms with E-state index in [1.54, 1.807) is 0 Å². The normalized spacial score (nSPS) is 13.3. The Morgan fingerprint density at radius 2 is 2.09 bits per heavy atom. The van der Waals surface area contributed by atoms with Crippen molar-refractivity contribution in [2.45, 2.75) is 26.3 Å². The van der Waals surface area contributed by atoms with Crippen LogP contribution in [0.25, 0.3) is 0 Å². The van der Waals surface area contributed by atoms with Gasteiger partial charge < -0.3 is 10.2 Å². The predicted octanol–water partition coefficient (Wildman–Crippen LogP) is 2.90. The van der Waals surface area contributed by atoms with Gasteiger partial charge in [-0.2, -0.15) is 0 Å². The fourth-order valence-electron chi connectivity index (χ4n) is 2.67. The van der Waals surface area contributed by atoms with Crippen LogP contribution in [-0.2, 0) is 6.42 Å². The third-order valence-electron chi connectivity index (χ3n) is 3.55. The molecular weight excluding hydrogens is 282 g/mol. The lowest BCUT2D eigenvalue weighted by Crippen LogP contribution is -2.19. The molecule has 114 valence electrons. The van der Waals surface area contributed by atoms with Crippen molar-refractivity contribution >= 4 is 23.0 Å². The Labute approximate surface area is 128 Å². The number of nitrogens with one attached hydrogen (secondary N) is 1. The summed E-state index contributed by atoms with van der Waals surface area (Å²) in [5.41, 5.74) is 2.07. The molecule has 2 heterocycles. The fourth-order valence-corrected chi connectivity index (χ4v) is 2.67. The molecular formula is C15H17N5O2. The second-order valence-electron chi connectivity index (χ2n) is 5.48. The Bertz CT molecular complexity index is 717. The van der Waals surface area contributed by atoms with Crippen LogP contribution in [0.3, 0.4) is 0 Å². The molecule has 1 aromatic heterocycles. The quantitative estimate of drug-likeness (QED) is 0.690. The van der Waals surface area contributed by atoms with Crippen molar-refractivity contribution in [2.24, 2.45) is 0 Å². The molecule has 1 aromatic carbocycles. The highest BCUT2D eigenvalue weighted by Crippen LogP contribution is 2.40. The zero-order valence-electron chi connectivity index (χ0n) is 12.5. The number of hydrogen-bond acceptors (Lipinski definition) is 6. The van der Waals surface area contributed by atoms with E-state index in [1.165, 1.54) is 11.9 Å². The topological polar surface area (TPSA) is 84.2 Å². The summed E-state index contributed by atoms with van der Waals surface area (Å²) in [4.78, 5) is 21.2. The van der Waals surface area contributed by atoms with Crippen LogP contribution in [0, 0.1) is 10.1 Å². The monoisotopic (exact) mass is 299 g/mol. The largest absolute Gasteiger partial charge is 0.362 e. The third kappa shape index (κ3) is 2.45. The molecule has 2 aromatic rings. The van der Waals surface area contributed by atoms with Gasteiger partial charge in [0.05, 0.1) is 4.92 Å². The first-order valence-corrected chi connectivity index (χ1v) is 7.19. The molecule has 0 saturated carbocycles. The highest BCUT2D eigenvalue weighted by atomic mass is 16.6. The van der Waals surface area contributed by atoms with E-state index in [2.05, 4.69) is 15.3 Å². The van der Waals surface area contributed by atoms with Crippen molar-refractivity contribution in [2.75, 3.05) is 16.8 Å². The van der Waals surface area contributed by atoms with Gasteiger partial charge in [-0.3, -0.25) is 10.1 Å². The molecule has 3 rings (SSSR count). The predicted molar refractivity (Wildman–Crippen MR) is 84.6 cm³/mol. The van der Waals surface area contributed by atoms with Crippen LogP contribution >= 0.6 is 0 Å². The first kappa shape index (κ1) is 14.2. The molecule has 0 fully saturated rings. The summed E-state index contributed by atoms with van der Waals surface area (Å²) in [5.74, 6) is 0.600. The van der Waals surface area contributed by atoms with Gasteiger partial charge in [0.25, 0.3) is 0 Å². The van der Waals surface area contributed by atoms with Crippen molar-refractivity contribution < 1.29 is 4.92 Å². The molecule has 0 bridgehead atoms. The van der Waals surface area contributed by atoms with Crippen LogP contribution in [0.1, 0.15) is 19.4 Å². The summed E-state index contributed by atoms with van der Waals surface area (Å²) < 4.78 is 0. The van der Waals surface area contributed by atoms with Gasteiger partial charge in [0.15, 0.2) is 0 Å². The van der Waals surface area contributed by atoms with Gasteiger partial charge in [-0.15, -0.1) is 0 Å². The minimum absolute atomic E-state index is 0.0484. The highest BCUT2D eigenvalue weighted by molar-refractivity contribution is 5.78. The van der Waals surface area contributed by atoms with Crippen molar-refractivity contribution in [1.82, 2.24) is 9.97 Å². The van der Waals surface area contributed by atoms with E-state index in [-0.39, 0.29) is 17.5 Å². The molecule has 1 aliphatic heterocycles. The van der Waals surface area contributed by atoms with Crippen LogP contribution in [-0.4, -0.2) is 27.5 Å². The van der Waals surface area contributed by atoms with E-state index in [9.17, 15) is 10.1 Å². The number of anilines is 3. The van der Waals surface area contributed by atoms with E-state index in [4.69, 9.17) is 0 Å². The fraction of sp³-hybridized carbons (Fsp3) is 0.333. The molecule has 0 saturated heterocycles. The van der Waals surface area contributed by atoms with Crippen LogP contribution in [0.2, 0.25) is 0 Å². The Morgan fingerprint density at radius 3 is 2.82 bits per heavy atom. The average Bonchev–Trinajstić information content (AvgIpc) is 2.90. The van der Waals surface area contributed by atoms with Crippen molar-refractivity contribution in [3.05, 3.63) is 46.3 Å². The Kier molecular flexibility index (Phi) is 3.62. The van der Waals surface area contributed by atoms with Gasteiger partial charge in [0.1, 0.15) is 6.33 Å². The van der Waals surface area contributed by atoms with Gasteiger partial charge in [-0.25, -0.2) is 9.97 Å². The number of fused-ring (bicyclic) bond motifs is 1. The van der Waals surface area contributed by atoms with Gasteiger partial charge >= 0.3 is 5.69 Å². The summed E-state index contributed by atoms with van der Waals surface area (Å²) in [6, 6.07) is 7.95. The van der Waals surface area contributed by atoms with Crippen molar-refractivity contribution in [3.8, 4) is 0 Å². The molecule has 0 atom stereocenters. The summed E-state index contributed by atoms with van der Waals surface area (Å²) in [6.45, 7) is 4.51. The van der Waals surface area contributed by atoms with Gasteiger partial charge in [-0.05, 0) is 31.9 Å². The smallest absolute Gasteiger partial charge is 0.353 e. The lowest BCUT2D eigenvalue weighted by Gasteiger charge is -2.19. The summed E-state index contributed by atoms with van der Waals surface area (Å²) in [5, 5.41) is 14.6. The zero-order valence-corrected chi connectivity index (χ0v) is 12.5. The minimum atomic E-state index is -0.416. The van der Waals surface area contributed by atoms with Gasteiger partial charge in [-0.1, -0.05) is 18.2 Å². The maximum atomic E-state index is 11.6. The number of nitrogens with zero attached hydrogens (tertiary/aromatic N) is 4. The number of nitro groups is 1. The zero-order chi connectivity index (χ0) is 15.7. The summed E-state index contributed by atoms with van der Waals surface area (Å²) >= 11 is 0. The molecule has 1 N–H and O–H groups in total. The molecule has 0 spiro atoms. The number of aromatic nitrogens is 2. The van der Waals surface area contributed by atoms with Gasteiger partial charge in [0, 0.05) is 18.3 Å². The van der Waals surface area contributed by atoms with Crippen LogP contribution in [0.5, 0.6) is 0 Å². The van der Waals surface area contributed by atoms with E-state index in [1.807, 2.05) is 43.0 Å². The molecule has 0 radical (unpaired) electrons. The second-order valence-corrected chi connectivity index (χ2v) is 5.48. The molecule has 0 unspecified atom stereocenters. The Morgan fingerprint density at radius 1 is 1.32 bits per heavy atom. The van der Waals surface area contributed by atoms with Crippen molar-refractivity contribution in [1.29, 1.82) is 0 Å². The third-order valence-corrected chi connectivity index (χ3v) is 3.55. The second kappa shape index (κ2) is 5.59. The van der Waals surface area contributed by atoms with Crippen LogP contribution in [0.4, 0.5) is 23.0 Å². The van der Waals surface area contributed by atoms with Crippen molar-refractivity contribution in [3.63, 3.8) is 0 Å². The molecule has 22 heavy (non-hydrogen) atoms. The van der Waals surface area contributed by atoms with Crippen LogP contribution < -0.4 is 10.2 Å². The first-order valence-electron chi connectivity index (χ1n) is 7.19. The lowest BCUT2D eigenvalue weighted by atomic mass is 10.2. The molecule has 7 nitrogen and oxygen atoms in total. The molecule has 1 aliphatic rings. The number of rotatable bonds is 4. The van der Waals surface area contributed by atoms with E-state index < -0.39 is 4.92 Å². The van der Waals surface area contributed by atoms with E-state index in [0.717, 1.165) is 12.1 Å². The average molecular weight is 299 g/mol. The lowest BCUT2D eigenvalue weighted by molar-refractivity contribution is -0.383. The van der Waals surface area contributed by atoms with Gasteiger partial charge in [0.2, 0.25) is 11.6 Å². The number of hydrogen-bond donors (Lipinski definition) is 1. The first-order chi connectivity index (χ1) is 10.6. The number of benzene rings is 1.